The average molecular weight is 364 g/mol. The summed E-state index contributed by atoms with van der Waals surface area (Å²) in [5, 5.41) is 11.2. The number of rotatable bonds is 7. The molecular weight excluding hydrogens is 344 g/mol. The van der Waals surface area contributed by atoms with Crippen LogP contribution in [0, 0.1) is 10.1 Å². The Labute approximate surface area is 147 Å². The van der Waals surface area contributed by atoms with E-state index < -0.39 is 14.9 Å². The van der Waals surface area contributed by atoms with Gasteiger partial charge in [0.25, 0.3) is 0 Å². The van der Waals surface area contributed by atoms with Crippen LogP contribution < -0.4 is 4.74 Å². The number of hydrogen-bond acceptors (Lipinski definition) is 5. The first-order chi connectivity index (χ1) is 11.8. The van der Waals surface area contributed by atoms with E-state index in [1.54, 1.807) is 13.8 Å². The molecule has 134 valence electrons. The number of nitro benzene ring substituents is 1. The number of nitrogens with zero attached hydrogens (tertiary/aromatic N) is 2. The lowest BCUT2D eigenvalue weighted by Crippen LogP contribution is -2.36. The highest BCUT2D eigenvalue weighted by Crippen LogP contribution is 2.31. The molecule has 7 nitrogen and oxygen atoms in total. The second-order valence-electron chi connectivity index (χ2n) is 5.72. The maximum atomic E-state index is 13.0. The second-order valence-corrected chi connectivity index (χ2v) is 7.61. The van der Waals surface area contributed by atoms with Crippen molar-refractivity contribution in [2.45, 2.75) is 31.3 Å². The predicted octanol–water partition coefficient (Wildman–Crippen LogP) is 3.20. The molecule has 0 N–H and O–H groups in total. The Morgan fingerprint density at radius 3 is 2.32 bits per heavy atom. The molecule has 0 spiro atoms. The van der Waals surface area contributed by atoms with Gasteiger partial charge in [-0.05, 0) is 31.5 Å². The van der Waals surface area contributed by atoms with Crippen molar-refractivity contribution in [1.29, 1.82) is 0 Å². The molecule has 0 aliphatic rings. The van der Waals surface area contributed by atoms with Crippen LogP contribution in [0.5, 0.6) is 5.75 Å². The largest absolute Gasteiger partial charge is 0.490 e. The predicted molar refractivity (Wildman–Crippen MR) is 94.0 cm³/mol. The van der Waals surface area contributed by atoms with Crippen molar-refractivity contribution in [3.63, 3.8) is 0 Å². The van der Waals surface area contributed by atoms with Crippen molar-refractivity contribution in [1.82, 2.24) is 4.31 Å². The number of ether oxygens (including phenoxy) is 1. The Morgan fingerprint density at radius 2 is 1.80 bits per heavy atom. The molecule has 8 heteroatoms. The molecule has 0 unspecified atom stereocenters. The normalized spacial score (nSPS) is 11.7. The summed E-state index contributed by atoms with van der Waals surface area (Å²) in [6.07, 6.45) is 0. The molecule has 2 rings (SSSR count). The van der Waals surface area contributed by atoms with E-state index in [0.29, 0.717) is 0 Å². The second kappa shape index (κ2) is 7.62. The van der Waals surface area contributed by atoms with Gasteiger partial charge in [0.2, 0.25) is 10.0 Å². The zero-order chi connectivity index (χ0) is 18.6. The lowest BCUT2D eigenvalue weighted by Gasteiger charge is -2.26. The summed E-state index contributed by atoms with van der Waals surface area (Å²) < 4.78 is 32.3. The Bertz CT molecular complexity index is 851. The van der Waals surface area contributed by atoms with Gasteiger partial charge in [0.05, 0.1) is 16.9 Å². The minimum absolute atomic E-state index is 0.0168. The highest BCUT2D eigenvalue weighted by Gasteiger charge is 2.29. The van der Waals surface area contributed by atoms with E-state index in [0.717, 1.165) is 11.6 Å². The van der Waals surface area contributed by atoms with Crippen molar-refractivity contribution in [3.05, 3.63) is 64.2 Å². The number of nitro groups is 1. The molecule has 0 fully saturated rings. The van der Waals surface area contributed by atoms with Gasteiger partial charge in [-0.25, -0.2) is 8.42 Å². The quantitative estimate of drug-likeness (QED) is 0.556. The SMILES string of the molecule is COc1ccc(S(=O)(=O)N(Cc2ccccc2)C(C)C)cc1[N+](=O)[O-]. The van der Waals surface area contributed by atoms with Gasteiger partial charge in [0.15, 0.2) is 5.75 Å². The summed E-state index contributed by atoms with van der Waals surface area (Å²) in [7, 11) is -2.61. The standard InChI is InChI=1S/C17H20N2O5S/c1-13(2)18(12-14-7-5-4-6-8-14)25(22,23)15-9-10-17(24-3)16(11-15)19(20)21/h4-11,13H,12H2,1-3H3. The van der Waals surface area contributed by atoms with Crippen LogP contribution >= 0.6 is 0 Å². The lowest BCUT2D eigenvalue weighted by atomic mass is 10.2. The summed E-state index contributed by atoms with van der Waals surface area (Å²) in [6.45, 7) is 3.71. The average Bonchev–Trinajstić information content (AvgIpc) is 2.59. The fourth-order valence-corrected chi connectivity index (χ4v) is 4.06. The summed E-state index contributed by atoms with van der Waals surface area (Å²) in [5.74, 6) is 0.0168. The van der Waals surface area contributed by atoms with Crippen molar-refractivity contribution in [2.75, 3.05) is 7.11 Å². The topological polar surface area (TPSA) is 89.8 Å². The maximum absolute atomic E-state index is 13.0. The van der Waals surface area contributed by atoms with Crippen LogP contribution in [0.3, 0.4) is 0 Å². The van der Waals surface area contributed by atoms with Crippen LogP contribution in [0.2, 0.25) is 0 Å². The van der Waals surface area contributed by atoms with Gasteiger partial charge in [-0.1, -0.05) is 30.3 Å². The van der Waals surface area contributed by atoms with Gasteiger partial charge in [-0.3, -0.25) is 10.1 Å². The van der Waals surface area contributed by atoms with Gasteiger partial charge in [-0.15, -0.1) is 0 Å². The monoisotopic (exact) mass is 364 g/mol. The smallest absolute Gasteiger partial charge is 0.312 e. The first-order valence-electron chi connectivity index (χ1n) is 7.65. The third-order valence-corrected chi connectivity index (χ3v) is 5.73. The third-order valence-electron chi connectivity index (χ3n) is 3.71. The van der Waals surface area contributed by atoms with Crippen LogP contribution in [0.4, 0.5) is 5.69 Å². The zero-order valence-corrected chi connectivity index (χ0v) is 15.1. The molecule has 0 amide bonds. The number of benzene rings is 2. The van der Waals surface area contributed by atoms with E-state index in [1.807, 2.05) is 30.3 Å². The lowest BCUT2D eigenvalue weighted by molar-refractivity contribution is -0.386. The molecule has 0 bridgehead atoms. The third kappa shape index (κ3) is 4.15. The van der Waals surface area contributed by atoms with Crippen LogP contribution in [0.15, 0.2) is 53.4 Å². The van der Waals surface area contributed by atoms with Crippen molar-refractivity contribution < 1.29 is 18.1 Å². The molecule has 25 heavy (non-hydrogen) atoms. The molecule has 0 saturated carbocycles. The summed E-state index contributed by atoms with van der Waals surface area (Å²) in [6, 6.07) is 12.5. The van der Waals surface area contributed by atoms with Crippen LogP contribution in [0.1, 0.15) is 19.4 Å². The number of hydrogen-bond donors (Lipinski definition) is 0. The Hall–Kier alpha value is -2.45. The van der Waals surface area contributed by atoms with Crippen molar-refractivity contribution in [3.8, 4) is 5.75 Å². The molecule has 0 aliphatic carbocycles. The van der Waals surface area contributed by atoms with Crippen LogP contribution in [-0.4, -0.2) is 30.8 Å². The van der Waals surface area contributed by atoms with Crippen LogP contribution in [0.25, 0.3) is 0 Å². The van der Waals surface area contributed by atoms with E-state index in [4.69, 9.17) is 4.74 Å². The highest BCUT2D eigenvalue weighted by atomic mass is 32.2. The molecule has 0 saturated heterocycles. The molecular formula is C17H20N2O5S. The van der Waals surface area contributed by atoms with Crippen LogP contribution in [-0.2, 0) is 16.6 Å². The molecule has 2 aromatic carbocycles. The number of sulfonamides is 1. The van der Waals surface area contributed by atoms with E-state index >= 15 is 0 Å². The van der Waals surface area contributed by atoms with E-state index in [-0.39, 0.29) is 28.9 Å². The maximum Gasteiger partial charge on any atom is 0.312 e. The molecule has 2 aromatic rings. The fourth-order valence-electron chi connectivity index (χ4n) is 2.42. The molecule has 0 heterocycles. The van der Waals surface area contributed by atoms with Gasteiger partial charge in [0, 0.05) is 18.7 Å². The highest BCUT2D eigenvalue weighted by molar-refractivity contribution is 7.89. The van der Waals surface area contributed by atoms with E-state index in [2.05, 4.69) is 0 Å². The number of methoxy groups -OCH3 is 1. The van der Waals surface area contributed by atoms with Gasteiger partial charge >= 0.3 is 5.69 Å². The summed E-state index contributed by atoms with van der Waals surface area (Å²) in [4.78, 5) is 10.4. The minimum atomic E-state index is -3.91. The minimum Gasteiger partial charge on any atom is -0.490 e. The molecule has 0 radical (unpaired) electrons. The fraction of sp³-hybridized carbons (Fsp3) is 0.294. The Balaban J connectivity index is 2.47. The summed E-state index contributed by atoms with van der Waals surface area (Å²) in [5.41, 5.74) is 0.453. The van der Waals surface area contributed by atoms with Gasteiger partial charge in [0.1, 0.15) is 0 Å². The first kappa shape index (κ1) is 18.9. The Morgan fingerprint density at radius 1 is 1.16 bits per heavy atom. The van der Waals surface area contributed by atoms with Gasteiger partial charge < -0.3 is 4.74 Å². The molecule has 0 aliphatic heterocycles. The molecule has 0 atom stereocenters. The molecule has 0 aromatic heterocycles. The van der Waals surface area contributed by atoms with Crippen molar-refractivity contribution in [2.24, 2.45) is 0 Å². The zero-order valence-electron chi connectivity index (χ0n) is 14.2. The van der Waals surface area contributed by atoms with E-state index in [1.165, 1.54) is 23.5 Å². The van der Waals surface area contributed by atoms with Crippen molar-refractivity contribution >= 4 is 15.7 Å². The first-order valence-corrected chi connectivity index (χ1v) is 9.09. The summed E-state index contributed by atoms with van der Waals surface area (Å²) >= 11 is 0. The van der Waals surface area contributed by atoms with Gasteiger partial charge in [-0.2, -0.15) is 4.31 Å². The Kier molecular flexibility index (Phi) is 5.76. The van der Waals surface area contributed by atoms with E-state index in [9.17, 15) is 18.5 Å².